The van der Waals surface area contributed by atoms with Gasteiger partial charge in [0.1, 0.15) is 0 Å². The van der Waals surface area contributed by atoms with Gasteiger partial charge in [0.2, 0.25) is 0 Å². The van der Waals surface area contributed by atoms with Gasteiger partial charge in [0.05, 0.1) is 11.0 Å². The maximum atomic E-state index is 12.1. The molecule has 0 saturated heterocycles. The SMILES string of the molecule is CCCCCC(C)=C(C(=O)O)C(CCCC)(CC(C)C)C(=O)O. The van der Waals surface area contributed by atoms with Crippen LogP contribution in [0, 0.1) is 11.3 Å². The van der Waals surface area contributed by atoms with Crippen molar-refractivity contribution in [3.63, 3.8) is 0 Å². The van der Waals surface area contributed by atoms with Crippen LogP contribution in [0.3, 0.4) is 0 Å². The summed E-state index contributed by atoms with van der Waals surface area (Å²) in [6.45, 7) is 9.80. The first-order chi connectivity index (χ1) is 10.7. The zero-order valence-corrected chi connectivity index (χ0v) is 15.4. The highest BCUT2D eigenvalue weighted by Crippen LogP contribution is 2.42. The van der Waals surface area contributed by atoms with Gasteiger partial charge in [-0.1, -0.05) is 59.0 Å². The summed E-state index contributed by atoms with van der Waals surface area (Å²) in [7, 11) is 0. The molecule has 0 fully saturated rings. The topological polar surface area (TPSA) is 74.6 Å². The molecule has 0 bridgehead atoms. The van der Waals surface area contributed by atoms with Gasteiger partial charge in [-0.3, -0.25) is 4.79 Å². The van der Waals surface area contributed by atoms with Crippen LogP contribution in [-0.2, 0) is 9.59 Å². The summed E-state index contributed by atoms with van der Waals surface area (Å²) in [5.41, 5.74) is -0.417. The fraction of sp³-hybridized carbons (Fsp3) is 0.789. The predicted molar refractivity (Wildman–Crippen MR) is 93.5 cm³/mol. The number of carbonyl (C=O) groups is 2. The van der Waals surface area contributed by atoms with Crippen LogP contribution < -0.4 is 0 Å². The second-order valence-corrected chi connectivity index (χ2v) is 7.01. The first kappa shape index (κ1) is 21.7. The van der Waals surface area contributed by atoms with E-state index < -0.39 is 17.4 Å². The standard InChI is InChI=1S/C19H34O4/c1-6-8-10-11-15(5)16(17(20)21)19(18(22)23,12-9-7-2)13-14(3)4/h14H,6-13H2,1-5H3,(H,20,21)(H,22,23). The van der Waals surface area contributed by atoms with Gasteiger partial charge in [-0.25, -0.2) is 4.79 Å². The molecule has 0 aliphatic carbocycles. The minimum atomic E-state index is -1.27. The van der Waals surface area contributed by atoms with E-state index in [4.69, 9.17) is 0 Å². The number of carboxylic acids is 2. The predicted octanol–water partition coefficient (Wildman–Crippen LogP) is 5.28. The molecule has 4 nitrogen and oxygen atoms in total. The Bertz CT molecular complexity index is 423. The molecule has 4 heteroatoms. The van der Waals surface area contributed by atoms with Gasteiger partial charge in [0.25, 0.3) is 0 Å². The second kappa shape index (κ2) is 10.5. The molecular formula is C19H34O4. The third kappa shape index (κ3) is 6.36. The highest BCUT2D eigenvalue weighted by atomic mass is 16.4. The van der Waals surface area contributed by atoms with Crippen molar-refractivity contribution < 1.29 is 19.8 Å². The van der Waals surface area contributed by atoms with Crippen molar-refractivity contribution in [1.82, 2.24) is 0 Å². The Kier molecular flexibility index (Phi) is 9.85. The van der Waals surface area contributed by atoms with Gasteiger partial charge in [0.15, 0.2) is 0 Å². The number of hydrogen-bond donors (Lipinski definition) is 2. The average molecular weight is 326 g/mol. The van der Waals surface area contributed by atoms with Crippen LogP contribution in [0.5, 0.6) is 0 Å². The Morgan fingerprint density at radius 3 is 1.96 bits per heavy atom. The fourth-order valence-corrected chi connectivity index (χ4v) is 3.37. The van der Waals surface area contributed by atoms with E-state index in [9.17, 15) is 19.8 Å². The van der Waals surface area contributed by atoms with Crippen LogP contribution in [-0.4, -0.2) is 22.2 Å². The molecule has 0 amide bonds. The van der Waals surface area contributed by atoms with Crippen molar-refractivity contribution in [3.05, 3.63) is 11.1 Å². The molecule has 0 aromatic rings. The van der Waals surface area contributed by atoms with E-state index in [-0.39, 0.29) is 11.5 Å². The summed E-state index contributed by atoms with van der Waals surface area (Å²) in [5.74, 6) is -1.94. The van der Waals surface area contributed by atoms with Crippen LogP contribution in [0.2, 0.25) is 0 Å². The molecule has 0 saturated carbocycles. The molecule has 0 radical (unpaired) electrons. The Labute approximate surface area is 141 Å². The lowest BCUT2D eigenvalue weighted by molar-refractivity contribution is -0.151. The van der Waals surface area contributed by atoms with E-state index in [0.717, 1.165) is 37.7 Å². The highest BCUT2D eigenvalue weighted by Gasteiger charge is 2.46. The molecule has 0 heterocycles. The number of allylic oxidation sites excluding steroid dienone is 1. The van der Waals surface area contributed by atoms with Gasteiger partial charge >= 0.3 is 11.9 Å². The summed E-state index contributed by atoms with van der Waals surface area (Å²) in [6.07, 6.45) is 6.00. The largest absolute Gasteiger partial charge is 0.481 e. The summed E-state index contributed by atoms with van der Waals surface area (Å²) in [6, 6.07) is 0. The molecule has 0 aromatic heterocycles. The first-order valence-electron chi connectivity index (χ1n) is 8.89. The molecule has 0 aliphatic heterocycles. The summed E-state index contributed by atoms with van der Waals surface area (Å²) in [4.78, 5) is 24.1. The Hall–Kier alpha value is -1.32. The van der Waals surface area contributed by atoms with E-state index in [1.165, 1.54) is 0 Å². The average Bonchev–Trinajstić information content (AvgIpc) is 2.43. The molecule has 0 aromatic carbocycles. The highest BCUT2D eigenvalue weighted by molar-refractivity contribution is 5.97. The normalized spacial score (nSPS) is 15.2. The van der Waals surface area contributed by atoms with Crippen molar-refractivity contribution in [1.29, 1.82) is 0 Å². The number of hydrogen-bond acceptors (Lipinski definition) is 2. The van der Waals surface area contributed by atoms with E-state index in [2.05, 4.69) is 6.92 Å². The van der Waals surface area contributed by atoms with Crippen molar-refractivity contribution in [2.24, 2.45) is 11.3 Å². The van der Waals surface area contributed by atoms with Crippen molar-refractivity contribution in [3.8, 4) is 0 Å². The monoisotopic (exact) mass is 326 g/mol. The van der Waals surface area contributed by atoms with Gasteiger partial charge < -0.3 is 10.2 Å². The Balaban J connectivity index is 5.93. The second-order valence-electron chi connectivity index (χ2n) is 7.01. The zero-order chi connectivity index (χ0) is 18.0. The van der Waals surface area contributed by atoms with E-state index >= 15 is 0 Å². The van der Waals surface area contributed by atoms with Crippen LogP contribution in [0.1, 0.15) is 86.0 Å². The number of rotatable bonds is 12. The van der Waals surface area contributed by atoms with Crippen molar-refractivity contribution in [2.45, 2.75) is 86.0 Å². The van der Waals surface area contributed by atoms with Crippen LogP contribution in [0.15, 0.2) is 11.1 Å². The lowest BCUT2D eigenvalue weighted by atomic mass is 9.68. The lowest BCUT2D eigenvalue weighted by Gasteiger charge is -2.33. The molecule has 1 atom stereocenters. The molecule has 0 aliphatic rings. The van der Waals surface area contributed by atoms with E-state index in [0.29, 0.717) is 19.3 Å². The van der Waals surface area contributed by atoms with Gasteiger partial charge in [-0.15, -0.1) is 0 Å². The summed E-state index contributed by atoms with van der Waals surface area (Å²) >= 11 is 0. The molecular weight excluding hydrogens is 292 g/mol. The minimum absolute atomic E-state index is 0.126. The molecule has 23 heavy (non-hydrogen) atoms. The molecule has 2 N–H and O–H groups in total. The quantitative estimate of drug-likeness (QED) is 0.378. The summed E-state index contributed by atoms with van der Waals surface area (Å²) < 4.78 is 0. The van der Waals surface area contributed by atoms with E-state index in [1.807, 2.05) is 20.8 Å². The smallest absolute Gasteiger partial charge is 0.332 e. The lowest BCUT2D eigenvalue weighted by Crippen LogP contribution is -2.38. The van der Waals surface area contributed by atoms with Crippen LogP contribution in [0.4, 0.5) is 0 Å². The minimum Gasteiger partial charge on any atom is -0.481 e. The Morgan fingerprint density at radius 1 is 1.00 bits per heavy atom. The fourth-order valence-electron chi connectivity index (χ4n) is 3.37. The molecule has 0 rings (SSSR count). The maximum Gasteiger partial charge on any atom is 0.332 e. The zero-order valence-electron chi connectivity index (χ0n) is 15.4. The Morgan fingerprint density at radius 2 is 1.57 bits per heavy atom. The van der Waals surface area contributed by atoms with Crippen LogP contribution >= 0.6 is 0 Å². The third-order valence-electron chi connectivity index (χ3n) is 4.40. The van der Waals surface area contributed by atoms with Crippen molar-refractivity contribution in [2.75, 3.05) is 0 Å². The molecule has 0 spiro atoms. The van der Waals surface area contributed by atoms with Crippen molar-refractivity contribution >= 4 is 11.9 Å². The maximum absolute atomic E-state index is 12.1. The number of carboxylic acid groups (broad SMARTS) is 2. The van der Waals surface area contributed by atoms with E-state index in [1.54, 1.807) is 6.92 Å². The van der Waals surface area contributed by atoms with Gasteiger partial charge in [-0.2, -0.15) is 0 Å². The van der Waals surface area contributed by atoms with Gasteiger partial charge in [-0.05, 0) is 38.5 Å². The first-order valence-corrected chi connectivity index (χ1v) is 8.89. The third-order valence-corrected chi connectivity index (χ3v) is 4.40. The molecule has 1 unspecified atom stereocenters. The van der Waals surface area contributed by atoms with Crippen LogP contribution in [0.25, 0.3) is 0 Å². The van der Waals surface area contributed by atoms with Gasteiger partial charge in [0, 0.05) is 0 Å². The summed E-state index contributed by atoms with van der Waals surface area (Å²) in [5, 5.41) is 19.7. The number of unbranched alkanes of at least 4 members (excludes halogenated alkanes) is 3. The molecule has 134 valence electrons. The number of aliphatic carboxylic acids is 2.